The van der Waals surface area contributed by atoms with E-state index in [9.17, 15) is 14.4 Å². The molecule has 1 aliphatic rings. The third kappa shape index (κ3) is 2.67. The van der Waals surface area contributed by atoms with E-state index in [0.29, 0.717) is 12.0 Å². The number of nitrogens with zero attached hydrogens (tertiary/aromatic N) is 1. The van der Waals surface area contributed by atoms with E-state index in [1.807, 2.05) is 37.3 Å². The van der Waals surface area contributed by atoms with Crippen molar-refractivity contribution in [2.45, 2.75) is 25.4 Å². The van der Waals surface area contributed by atoms with E-state index in [0.717, 1.165) is 10.5 Å². The summed E-state index contributed by atoms with van der Waals surface area (Å²) in [6.07, 6.45) is 1.73. The van der Waals surface area contributed by atoms with Gasteiger partial charge in [-0.3, -0.25) is 9.69 Å². The average Bonchev–Trinajstić information content (AvgIpc) is 3.20. The smallest absolute Gasteiger partial charge is 0.374 e. The van der Waals surface area contributed by atoms with Gasteiger partial charge < -0.3 is 14.5 Å². The van der Waals surface area contributed by atoms with E-state index in [1.54, 1.807) is 6.07 Å². The molecule has 1 atom stereocenters. The molecule has 1 N–H and O–H groups in total. The van der Waals surface area contributed by atoms with Crippen molar-refractivity contribution in [3.8, 4) is 0 Å². The fourth-order valence-electron chi connectivity index (χ4n) is 3.03. The van der Waals surface area contributed by atoms with Crippen LogP contribution in [-0.2, 0) is 21.6 Å². The molecule has 1 aromatic heterocycles. The topological polar surface area (TPSA) is 88.8 Å². The van der Waals surface area contributed by atoms with E-state index >= 15 is 0 Å². The maximum Gasteiger partial charge on any atom is 0.374 e. The van der Waals surface area contributed by atoms with Gasteiger partial charge in [-0.15, -0.1) is 0 Å². The van der Waals surface area contributed by atoms with Crippen molar-refractivity contribution >= 4 is 17.9 Å². The summed E-state index contributed by atoms with van der Waals surface area (Å²) in [6, 6.07) is 10.1. The first-order chi connectivity index (χ1) is 12.0. The molecule has 130 valence electrons. The summed E-state index contributed by atoms with van der Waals surface area (Å²) < 4.78 is 9.76. The Kier molecular flexibility index (Phi) is 4.31. The maximum atomic E-state index is 13.0. The number of ether oxygens (including phenoxy) is 1. The molecule has 0 bridgehead atoms. The number of furan rings is 1. The summed E-state index contributed by atoms with van der Waals surface area (Å²) in [5.74, 6) is -1.03. The molecule has 0 spiro atoms. The molecule has 7 heteroatoms. The molecule has 0 aliphatic carbocycles. The average molecular weight is 342 g/mol. The zero-order chi connectivity index (χ0) is 18.0. The van der Waals surface area contributed by atoms with Crippen molar-refractivity contribution in [3.63, 3.8) is 0 Å². The Labute approximate surface area is 144 Å². The lowest BCUT2D eigenvalue weighted by molar-refractivity contribution is -0.132. The Morgan fingerprint density at radius 1 is 1.24 bits per heavy atom. The number of hydrogen-bond acceptors (Lipinski definition) is 5. The number of imide groups is 1. The highest BCUT2D eigenvalue weighted by molar-refractivity contribution is 6.07. The van der Waals surface area contributed by atoms with Crippen LogP contribution in [0.4, 0.5) is 4.79 Å². The second kappa shape index (κ2) is 6.43. The van der Waals surface area contributed by atoms with Gasteiger partial charge in [0.25, 0.3) is 5.91 Å². The third-order valence-electron chi connectivity index (χ3n) is 4.42. The molecule has 7 nitrogen and oxygen atoms in total. The number of urea groups is 1. The van der Waals surface area contributed by atoms with Gasteiger partial charge in [0, 0.05) is 5.56 Å². The summed E-state index contributed by atoms with van der Waals surface area (Å²) in [5.41, 5.74) is 0.0297. The summed E-state index contributed by atoms with van der Waals surface area (Å²) >= 11 is 0. The molecule has 1 aliphatic heterocycles. The molecule has 2 aromatic rings. The van der Waals surface area contributed by atoms with Crippen LogP contribution in [-0.4, -0.2) is 29.9 Å². The second-order valence-electron chi connectivity index (χ2n) is 5.71. The lowest BCUT2D eigenvalue weighted by atomic mass is 9.87. The number of carbonyl (C=O) groups excluding carboxylic acids is 3. The minimum atomic E-state index is -1.10. The number of amides is 3. The molecular weight excluding hydrogens is 324 g/mol. The number of nitrogens with one attached hydrogen (secondary N) is 1. The minimum absolute atomic E-state index is 0.0168. The zero-order valence-corrected chi connectivity index (χ0v) is 13.9. The van der Waals surface area contributed by atoms with Crippen molar-refractivity contribution in [1.29, 1.82) is 0 Å². The number of rotatable bonds is 5. The summed E-state index contributed by atoms with van der Waals surface area (Å²) in [4.78, 5) is 38.3. The van der Waals surface area contributed by atoms with Crippen molar-refractivity contribution < 1.29 is 23.5 Å². The predicted octanol–water partition coefficient (Wildman–Crippen LogP) is 2.42. The number of esters is 1. The maximum absolute atomic E-state index is 13.0. The van der Waals surface area contributed by atoms with Crippen LogP contribution in [0.2, 0.25) is 0 Å². The molecule has 1 aromatic carbocycles. The van der Waals surface area contributed by atoms with Gasteiger partial charge >= 0.3 is 12.0 Å². The zero-order valence-electron chi connectivity index (χ0n) is 13.9. The van der Waals surface area contributed by atoms with Crippen LogP contribution in [0.25, 0.3) is 0 Å². The Morgan fingerprint density at radius 3 is 2.60 bits per heavy atom. The lowest BCUT2D eigenvalue weighted by Gasteiger charge is -2.25. The number of methoxy groups -OCH3 is 1. The van der Waals surface area contributed by atoms with Gasteiger partial charge in [0.1, 0.15) is 5.54 Å². The number of hydrogen-bond donors (Lipinski definition) is 1. The molecule has 1 fully saturated rings. The molecule has 2 heterocycles. The molecule has 3 rings (SSSR count). The SMILES string of the molecule is CCC1(c2ccccc2)NC(=O)N(Cc2ccoc2C(=O)OC)C1=O. The quantitative estimate of drug-likeness (QED) is 0.666. The molecular formula is C18H18N2O5. The van der Waals surface area contributed by atoms with E-state index in [1.165, 1.54) is 13.4 Å². The highest BCUT2D eigenvalue weighted by Crippen LogP contribution is 2.33. The van der Waals surface area contributed by atoms with Crippen LogP contribution in [0.3, 0.4) is 0 Å². The van der Waals surface area contributed by atoms with Gasteiger partial charge in [-0.1, -0.05) is 37.3 Å². The summed E-state index contributed by atoms with van der Waals surface area (Å²) in [5, 5.41) is 2.80. The lowest BCUT2D eigenvalue weighted by Crippen LogP contribution is -2.43. The Bertz CT molecular complexity index is 814. The molecule has 3 amide bonds. The van der Waals surface area contributed by atoms with Crippen LogP contribution in [0, 0.1) is 0 Å². The first kappa shape index (κ1) is 16.8. The molecule has 25 heavy (non-hydrogen) atoms. The van der Waals surface area contributed by atoms with Gasteiger partial charge in [0.2, 0.25) is 5.76 Å². The monoisotopic (exact) mass is 342 g/mol. The fraction of sp³-hybridized carbons (Fsp3) is 0.278. The molecule has 1 saturated heterocycles. The summed E-state index contributed by atoms with van der Waals surface area (Å²) in [7, 11) is 1.24. The predicted molar refractivity (Wildman–Crippen MR) is 87.5 cm³/mol. The van der Waals surface area contributed by atoms with E-state index in [4.69, 9.17) is 4.42 Å². The highest BCUT2D eigenvalue weighted by Gasteiger charge is 2.51. The van der Waals surface area contributed by atoms with Crippen LogP contribution in [0.5, 0.6) is 0 Å². The largest absolute Gasteiger partial charge is 0.463 e. The molecule has 1 unspecified atom stereocenters. The van der Waals surface area contributed by atoms with Crippen LogP contribution in [0.1, 0.15) is 35.0 Å². The Balaban J connectivity index is 1.92. The Morgan fingerprint density at radius 2 is 1.96 bits per heavy atom. The first-order valence-corrected chi connectivity index (χ1v) is 7.87. The van der Waals surface area contributed by atoms with E-state index < -0.39 is 17.5 Å². The van der Waals surface area contributed by atoms with Crippen molar-refractivity contribution in [2.24, 2.45) is 0 Å². The van der Waals surface area contributed by atoms with Gasteiger partial charge in [-0.25, -0.2) is 9.59 Å². The highest BCUT2D eigenvalue weighted by atomic mass is 16.5. The number of benzene rings is 1. The fourth-order valence-corrected chi connectivity index (χ4v) is 3.03. The third-order valence-corrected chi connectivity index (χ3v) is 4.42. The standard InChI is InChI=1S/C18H18N2O5/c1-3-18(13-7-5-4-6-8-13)16(22)20(17(23)19-18)11-12-9-10-25-14(12)15(21)24-2/h4-10H,3,11H2,1-2H3,(H,19,23). The van der Waals surface area contributed by atoms with Crippen molar-refractivity contribution in [3.05, 3.63) is 59.5 Å². The first-order valence-electron chi connectivity index (χ1n) is 7.87. The van der Waals surface area contributed by atoms with Crippen molar-refractivity contribution in [1.82, 2.24) is 10.2 Å². The van der Waals surface area contributed by atoms with Crippen LogP contribution < -0.4 is 5.32 Å². The van der Waals surface area contributed by atoms with Crippen molar-refractivity contribution in [2.75, 3.05) is 7.11 Å². The second-order valence-corrected chi connectivity index (χ2v) is 5.71. The van der Waals surface area contributed by atoms with Gasteiger partial charge in [-0.05, 0) is 18.1 Å². The minimum Gasteiger partial charge on any atom is -0.463 e. The van der Waals surface area contributed by atoms with Crippen LogP contribution >= 0.6 is 0 Å². The van der Waals surface area contributed by atoms with Gasteiger partial charge in [0.05, 0.1) is 19.9 Å². The van der Waals surface area contributed by atoms with E-state index in [2.05, 4.69) is 10.1 Å². The van der Waals surface area contributed by atoms with Gasteiger partial charge in [0.15, 0.2) is 0 Å². The Hall–Kier alpha value is -3.09. The van der Waals surface area contributed by atoms with Crippen LogP contribution in [0.15, 0.2) is 47.1 Å². The normalized spacial score (nSPS) is 19.8. The van der Waals surface area contributed by atoms with E-state index in [-0.39, 0.29) is 18.2 Å². The molecule has 0 radical (unpaired) electrons. The van der Waals surface area contributed by atoms with Gasteiger partial charge in [-0.2, -0.15) is 0 Å². The summed E-state index contributed by atoms with van der Waals surface area (Å²) in [6.45, 7) is 1.77. The number of carbonyl (C=O) groups is 3. The molecule has 0 saturated carbocycles.